The van der Waals surface area contributed by atoms with Gasteiger partial charge in [-0.3, -0.25) is 4.98 Å². The summed E-state index contributed by atoms with van der Waals surface area (Å²) in [4.78, 5) is 18.4. The van der Waals surface area contributed by atoms with Gasteiger partial charge < -0.3 is 15.5 Å². The summed E-state index contributed by atoms with van der Waals surface area (Å²) in [5, 5.41) is 5.71. The molecule has 2 aromatic rings. The molecular weight excluding hydrogens is 445 g/mol. The fourth-order valence-electron chi connectivity index (χ4n) is 4.05. The SMILES string of the molecule is Cc1cc(NC(=O)NCCN2CCC(CCNS(=O)(=O)c3ccccc3F)CC2)cc(C)n1. The Morgan fingerprint density at radius 2 is 1.79 bits per heavy atom. The van der Waals surface area contributed by atoms with Crippen molar-refractivity contribution in [3.8, 4) is 0 Å². The molecule has 0 radical (unpaired) electrons. The number of carbonyl (C=O) groups is 1. The third-order valence-corrected chi connectivity index (χ3v) is 7.23. The number of sulfonamides is 1. The van der Waals surface area contributed by atoms with E-state index in [0.717, 1.165) is 55.6 Å². The van der Waals surface area contributed by atoms with Gasteiger partial charge in [0.25, 0.3) is 0 Å². The highest BCUT2D eigenvalue weighted by molar-refractivity contribution is 7.89. The van der Waals surface area contributed by atoms with E-state index in [2.05, 4.69) is 25.2 Å². The molecule has 0 unspecified atom stereocenters. The molecule has 8 nitrogen and oxygen atoms in total. The molecule has 0 saturated carbocycles. The minimum Gasteiger partial charge on any atom is -0.337 e. The maximum Gasteiger partial charge on any atom is 0.319 e. The third-order valence-electron chi connectivity index (χ3n) is 5.73. The number of likely N-dealkylation sites (tertiary alicyclic amines) is 1. The summed E-state index contributed by atoms with van der Waals surface area (Å²) in [5.74, 6) is -0.328. The average molecular weight is 478 g/mol. The lowest BCUT2D eigenvalue weighted by Crippen LogP contribution is -2.41. The monoisotopic (exact) mass is 477 g/mol. The van der Waals surface area contributed by atoms with Crippen molar-refractivity contribution in [2.45, 2.75) is 38.0 Å². The number of urea groups is 1. The van der Waals surface area contributed by atoms with E-state index in [1.54, 1.807) is 0 Å². The van der Waals surface area contributed by atoms with Crippen LogP contribution in [-0.2, 0) is 10.0 Å². The zero-order valence-electron chi connectivity index (χ0n) is 19.1. The standard InChI is InChI=1S/C23H32FN5O3S/c1-17-15-20(16-18(2)27-17)28-23(30)25-11-14-29-12-8-19(9-13-29)7-10-26-33(31,32)22-6-4-3-5-21(22)24/h3-6,15-16,19,26H,7-14H2,1-2H3,(H2,25,27,28,30). The van der Waals surface area contributed by atoms with E-state index >= 15 is 0 Å². The third kappa shape index (κ3) is 7.76. The van der Waals surface area contributed by atoms with Crippen molar-refractivity contribution in [2.75, 3.05) is 38.0 Å². The van der Waals surface area contributed by atoms with Crippen LogP contribution >= 0.6 is 0 Å². The fourth-order valence-corrected chi connectivity index (χ4v) is 5.17. The molecule has 3 N–H and O–H groups in total. The number of pyridine rings is 1. The van der Waals surface area contributed by atoms with Crippen LogP contribution in [0.4, 0.5) is 14.9 Å². The van der Waals surface area contributed by atoms with Crippen LogP contribution in [0.25, 0.3) is 0 Å². The number of anilines is 1. The highest BCUT2D eigenvalue weighted by Gasteiger charge is 2.21. The van der Waals surface area contributed by atoms with Crippen LogP contribution < -0.4 is 15.4 Å². The Balaban J connectivity index is 1.31. The van der Waals surface area contributed by atoms with Crippen molar-refractivity contribution >= 4 is 21.7 Å². The molecule has 0 aliphatic carbocycles. The molecule has 0 bridgehead atoms. The van der Waals surface area contributed by atoms with Gasteiger partial charge in [-0.05, 0) is 76.4 Å². The Kier molecular flexibility index (Phi) is 8.76. The first-order chi connectivity index (χ1) is 15.7. The van der Waals surface area contributed by atoms with Gasteiger partial charge in [-0.1, -0.05) is 12.1 Å². The second kappa shape index (κ2) is 11.5. The van der Waals surface area contributed by atoms with E-state index in [4.69, 9.17) is 0 Å². The summed E-state index contributed by atoms with van der Waals surface area (Å²) in [6, 6.07) is 8.80. The van der Waals surface area contributed by atoms with Crippen LogP contribution in [0.5, 0.6) is 0 Å². The van der Waals surface area contributed by atoms with Gasteiger partial charge in [0.15, 0.2) is 0 Å². The van der Waals surface area contributed by atoms with Crippen LogP contribution in [0.1, 0.15) is 30.7 Å². The summed E-state index contributed by atoms with van der Waals surface area (Å²) >= 11 is 0. The number of aromatic nitrogens is 1. The lowest BCUT2D eigenvalue weighted by atomic mass is 9.94. The van der Waals surface area contributed by atoms with Crippen molar-refractivity contribution in [3.05, 3.63) is 53.6 Å². The molecule has 180 valence electrons. The van der Waals surface area contributed by atoms with Crippen LogP contribution in [0.15, 0.2) is 41.3 Å². The van der Waals surface area contributed by atoms with E-state index in [1.807, 2.05) is 26.0 Å². The van der Waals surface area contributed by atoms with Gasteiger partial charge in [0.2, 0.25) is 10.0 Å². The number of piperidine rings is 1. The molecule has 1 aromatic heterocycles. The average Bonchev–Trinajstić information content (AvgIpc) is 2.74. The van der Waals surface area contributed by atoms with Gasteiger partial charge >= 0.3 is 6.03 Å². The second-order valence-corrected chi connectivity index (χ2v) is 10.2. The first-order valence-electron chi connectivity index (χ1n) is 11.2. The summed E-state index contributed by atoms with van der Waals surface area (Å²) in [5.41, 5.74) is 2.44. The molecule has 0 atom stereocenters. The Hall–Kier alpha value is -2.56. The predicted molar refractivity (Wildman–Crippen MR) is 126 cm³/mol. The van der Waals surface area contributed by atoms with Crippen molar-refractivity contribution < 1.29 is 17.6 Å². The van der Waals surface area contributed by atoms with Crippen LogP contribution in [0, 0.1) is 25.6 Å². The summed E-state index contributed by atoms with van der Waals surface area (Å²) < 4.78 is 40.8. The molecule has 1 aliphatic heterocycles. The molecular formula is C23H32FN5O3S. The van der Waals surface area contributed by atoms with Gasteiger partial charge in [0.1, 0.15) is 10.7 Å². The van der Waals surface area contributed by atoms with Crippen LogP contribution in [0.3, 0.4) is 0 Å². The number of nitrogens with one attached hydrogen (secondary N) is 3. The van der Waals surface area contributed by atoms with Gasteiger partial charge in [0.05, 0.1) is 0 Å². The number of nitrogens with zero attached hydrogens (tertiary/aromatic N) is 2. The van der Waals surface area contributed by atoms with E-state index in [0.29, 0.717) is 18.9 Å². The zero-order chi connectivity index (χ0) is 23.8. The highest BCUT2D eigenvalue weighted by atomic mass is 32.2. The van der Waals surface area contributed by atoms with Crippen molar-refractivity contribution in [1.82, 2.24) is 19.9 Å². The number of halogens is 1. The lowest BCUT2D eigenvalue weighted by Gasteiger charge is -2.32. The van der Waals surface area contributed by atoms with Gasteiger partial charge in [0, 0.05) is 36.7 Å². The lowest BCUT2D eigenvalue weighted by molar-refractivity contribution is 0.180. The fraction of sp³-hybridized carbons (Fsp3) is 0.478. The molecule has 3 rings (SSSR count). The molecule has 2 heterocycles. The summed E-state index contributed by atoms with van der Waals surface area (Å²) in [6.45, 7) is 7.16. The molecule has 1 fully saturated rings. The van der Waals surface area contributed by atoms with Gasteiger partial charge in [-0.25, -0.2) is 22.3 Å². The number of aryl methyl sites for hydroxylation is 2. The molecule has 2 amide bonds. The first-order valence-corrected chi connectivity index (χ1v) is 12.7. The Morgan fingerprint density at radius 1 is 1.12 bits per heavy atom. The molecule has 1 aromatic carbocycles. The smallest absolute Gasteiger partial charge is 0.319 e. The van der Waals surface area contributed by atoms with E-state index in [-0.39, 0.29) is 17.5 Å². The largest absolute Gasteiger partial charge is 0.337 e. The van der Waals surface area contributed by atoms with Crippen molar-refractivity contribution in [3.63, 3.8) is 0 Å². The van der Waals surface area contributed by atoms with Gasteiger partial charge in [-0.2, -0.15) is 0 Å². The minimum atomic E-state index is -3.84. The minimum absolute atomic E-state index is 0.239. The molecule has 1 saturated heterocycles. The van der Waals surface area contributed by atoms with E-state index in [1.165, 1.54) is 18.2 Å². The molecule has 33 heavy (non-hydrogen) atoms. The second-order valence-electron chi connectivity index (χ2n) is 8.42. The van der Waals surface area contributed by atoms with Crippen molar-refractivity contribution in [1.29, 1.82) is 0 Å². The number of benzene rings is 1. The normalized spacial score (nSPS) is 15.4. The number of rotatable bonds is 9. The summed E-state index contributed by atoms with van der Waals surface area (Å²) in [7, 11) is -3.84. The Labute approximate surface area is 195 Å². The quantitative estimate of drug-likeness (QED) is 0.515. The first kappa shape index (κ1) is 25.1. The Morgan fingerprint density at radius 3 is 2.45 bits per heavy atom. The van der Waals surface area contributed by atoms with Crippen LogP contribution in [0.2, 0.25) is 0 Å². The maximum absolute atomic E-state index is 13.7. The topological polar surface area (TPSA) is 103 Å². The van der Waals surface area contributed by atoms with E-state index in [9.17, 15) is 17.6 Å². The van der Waals surface area contributed by atoms with Crippen molar-refractivity contribution in [2.24, 2.45) is 5.92 Å². The number of hydrogen-bond acceptors (Lipinski definition) is 5. The Bertz CT molecular complexity index is 1040. The maximum atomic E-state index is 13.7. The highest BCUT2D eigenvalue weighted by Crippen LogP contribution is 2.20. The number of hydrogen-bond donors (Lipinski definition) is 3. The molecule has 10 heteroatoms. The summed E-state index contributed by atoms with van der Waals surface area (Å²) in [6.07, 6.45) is 2.64. The van der Waals surface area contributed by atoms with E-state index < -0.39 is 15.8 Å². The molecule has 1 aliphatic rings. The van der Waals surface area contributed by atoms with Gasteiger partial charge in [-0.15, -0.1) is 0 Å². The molecule has 0 spiro atoms. The van der Waals surface area contributed by atoms with Crippen LogP contribution in [-0.4, -0.2) is 57.1 Å². The number of carbonyl (C=O) groups excluding carboxylic acids is 1. The zero-order valence-corrected chi connectivity index (χ0v) is 19.9. The number of amides is 2. The predicted octanol–water partition coefficient (Wildman–Crippen LogP) is 3.04.